The van der Waals surface area contributed by atoms with Gasteiger partial charge < -0.3 is 10.1 Å². The van der Waals surface area contributed by atoms with Gasteiger partial charge in [-0.25, -0.2) is 0 Å². The molecule has 0 aromatic rings. The molecule has 1 N–H and O–H groups in total. The highest BCUT2D eigenvalue weighted by Crippen LogP contribution is 2.28. The summed E-state index contributed by atoms with van der Waals surface area (Å²) in [5, 5.41) is 3.44. The van der Waals surface area contributed by atoms with Crippen LogP contribution in [0, 0.1) is 5.92 Å². The molecule has 2 fully saturated rings. The van der Waals surface area contributed by atoms with Crippen molar-refractivity contribution in [3.8, 4) is 0 Å². The minimum atomic E-state index is 0.292. The second-order valence-corrected chi connectivity index (χ2v) is 3.85. The highest BCUT2D eigenvalue weighted by atomic mass is 16.5. The standard InChI is InChI=1S/C9H18N2O/c1-7(12-2)11-4-3-8-5-10-6-9(8)11/h7-10H,3-6H2,1-2H3. The maximum Gasteiger partial charge on any atom is 0.107 e. The van der Waals surface area contributed by atoms with E-state index in [4.69, 9.17) is 4.74 Å². The molecule has 3 nitrogen and oxygen atoms in total. The van der Waals surface area contributed by atoms with Crippen LogP contribution in [-0.4, -0.2) is 43.9 Å². The zero-order chi connectivity index (χ0) is 8.55. The number of likely N-dealkylation sites (tertiary alicyclic amines) is 1. The largest absolute Gasteiger partial charge is 0.367 e. The first-order valence-electron chi connectivity index (χ1n) is 4.82. The second kappa shape index (κ2) is 3.32. The average molecular weight is 170 g/mol. The monoisotopic (exact) mass is 170 g/mol. The molecule has 0 aromatic carbocycles. The van der Waals surface area contributed by atoms with E-state index in [0.717, 1.165) is 18.5 Å². The van der Waals surface area contributed by atoms with Crippen LogP contribution in [0.15, 0.2) is 0 Å². The molecule has 12 heavy (non-hydrogen) atoms. The maximum absolute atomic E-state index is 5.34. The first kappa shape index (κ1) is 8.48. The number of rotatable bonds is 2. The van der Waals surface area contributed by atoms with E-state index in [1.165, 1.54) is 19.5 Å². The van der Waals surface area contributed by atoms with Crippen molar-refractivity contribution in [3.05, 3.63) is 0 Å². The first-order valence-corrected chi connectivity index (χ1v) is 4.82. The molecule has 2 aliphatic rings. The topological polar surface area (TPSA) is 24.5 Å². The Bertz CT molecular complexity index is 163. The Morgan fingerprint density at radius 2 is 2.33 bits per heavy atom. The van der Waals surface area contributed by atoms with Gasteiger partial charge in [-0.2, -0.15) is 0 Å². The zero-order valence-electron chi connectivity index (χ0n) is 7.92. The third-order valence-electron chi connectivity index (χ3n) is 3.30. The number of fused-ring (bicyclic) bond motifs is 1. The third kappa shape index (κ3) is 1.26. The van der Waals surface area contributed by atoms with E-state index >= 15 is 0 Å². The summed E-state index contributed by atoms with van der Waals surface area (Å²) >= 11 is 0. The molecule has 3 unspecified atom stereocenters. The minimum absolute atomic E-state index is 0.292. The van der Waals surface area contributed by atoms with E-state index in [2.05, 4.69) is 17.1 Å². The number of nitrogens with one attached hydrogen (secondary N) is 1. The van der Waals surface area contributed by atoms with Crippen LogP contribution in [0.5, 0.6) is 0 Å². The van der Waals surface area contributed by atoms with Gasteiger partial charge in [-0.1, -0.05) is 0 Å². The summed E-state index contributed by atoms with van der Waals surface area (Å²) in [5.41, 5.74) is 0. The number of hydrogen-bond acceptors (Lipinski definition) is 3. The van der Waals surface area contributed by atoms with Crippen molar-refractivity contribution in [2.75, 3.05) is 26.7 Å². The molecule has 70 valence electrons. The Hall–Kier alpha value is -0.120. The molecule has 0 aromatic heterocycles. The maximum atomic E-state index is 5.34. The van der Waals surface area contributed by atoms with Gasteiger partial charge in [0.1, 0.15) is 6.23 Å². The molecule has 0 spiro atoms. The SMILES string of the molecule is COC(C)N1CCC2CNCC21. The van der Waals surface area contributed by atoms with Crippen LogP contribution in [0.2, 0.25) is 0 Å². The van der Waals surface area contributed by atoms with Gasteiger partial charge in [0.05, 0.1) is 0 Å². The zero-order valence-corrected chi connectivity index (χ0v) is 7.92. The van der Waals surface area contributed by atoms with Gasteiger partial charge >= 0.3 is 0 Å². The Morgan fingerprint density at radius 3 is 3.08 bits per heavy atom. The number of methoxy groups -OCH3 is 1. The Labute approximate surface area is 74.1 Å². The summed E-state index contributed by atoms with van der Waals surface area (Å²) in [7, 11) is 1.79. The minimum Gasteiger partial charge on any atom is -0.367 e. The van der Waals surface area contributed by atoms with E-state index in [-0.39, 0.29) is 0 Å². The lowest BCUT2D eigenvalue weighted by Crippen LogP contribution is -2.41. The summed E-state index contributed by atoms with van der Waals surface area (Å²) in [6, 6.07) is 0.736. The Kier molecular flexibility index (Phi) is 2.35. The van der Waals surface area contributed by atoms with Gasteiger partial charge in [0.15, 0.2) is 0 Å². The van der Waals surface area contributed by atoms with Crippen molar-refractivity contribution in [1.29, 1.82) is 0 Å². The van der Waals surface area contributed by atoms with Crippen LogP contribution in [-0.2, 0) is 4.74 Å². The lowest BCUT2D eigenvalue weighted by molar-refractivity contribution is -0.0254. The second-order valence-electron chi connectivity index (χ2n) is 3.85. The van der Waals surface area contributed by atoms with Crippen LogP contribution >= 0.6 is 0 Å². The first-order chi connectivity index (χ1) is 5.83. The number of nitrogens with zero attached hydrogens (tertiary/aromatic N) is 1. The molecule has 0 amide bonds. The summed E-state index contributed by atoms with van der Waals surface area (Å²) in [6.45, 7) is 5.71. The molecule has 3 atom stereocenters. The van der Waals surface area contributed by atoms with Gasteiger partial charge in [-0.3, -0.25) is 4.90 Å². The van der Waals surface area contributed by atoms with Gasteiger partial charge in [0.25, 0.3) is 0 Å². The van der Waals surface area contributed by atoms with E-state index in [0.29, 0.717) is 6.23 Å². The lowest BCUT2D eigenvalue weighted by atomic mass is 10.1. The third-order valence-corrected chi connectivity index (χ3v) is 3.30. The van der Waals surface area contributed by atoms with Gasteiger partial charge in [-0.05, 0) is 25.8 Å². The van der Waals surface area contributed by atoms with Crippen LogP contribution in [0.3, 0.4) is 0 Å². The van der Waals surface area contributed by atoms with E-state index in [1.54, 1.807) is 7.11 Å². The van der Waals surface area contributed by atoms with Crippen molar-refractivity contribution in [1.82, 2.24) is 10.2 Å². The molecule has 2 heterocycles. The smallest absolute Gasteiger partial charge is 0.107 e. The summed E-state index contributed by atoms with van der Waals surface area (Å²) < 4.78 is 5.34. The van der Waals surface area contributed by atoms with Crippen LogP contribution in [0.25, 0.3) is 0 Å². The van der Waals surface area contributed by atoms with Gasteiger partial charge in [-0.15, -0.1) is 0 Å². The van der Waals surface area contributed by atoms with Crippen LogP contribution in [0.4, 0.5) is 0 Å². The summed E-state index contributed by atoms with van der Waals surface area (Å²) in [6.07, 6.45) is 1.63. The highest BCUT2D eigenvalue weighted by Gasteiger charge is 2.39. The Balaban J connectivity index is 1.99. The quantitative estimate of drug-likeness (QED) is 0.644. The van der Waals surface area contributed by atoms with Crippen molar-refractivity contribution < 1.29 is 4.74 Å². The molecule has 0 radical (unpaired) electrons. The molecule has 0 aliphatic carbocycles. The summed E-state index contributed by atoms with van der Waals surface area (Å²) in [5.74, 6) is 0.877. The fraction of sp³-hybridized carbons (Fsp3) is 1.00. The average Bonchev–Trinajstić information content (AvgIpc) is 2.62. The highest BCUT2D eigenvalue weighted by molar-refractivity contribution is 4.94. The van der Waals surface area contributed by atoms with Crippen molar-refractivity contribution in [3.63, 3.8) is 0 Å². The Morgan fingerprint density at radius 1 is 1.50 bits per heavy atom. The molecular formula is C9H18N2O. The van der Waals surface area contributed by atoms with Crippen molar-refractivity contribution in [2.24, 2.45) is 5.92 Å². The summed E-state index contributed by atoms with van der Waals surface area (Å²) in [4.78, 5) is 2.48. The van der Waals surface area contributed by atoms with Crippen molar-refractivity contribution >= 4 is 0 Å². The van der Waals surface area contributed by atoms with E-state index < -0.39 is 0 Å². The molecule has 3 heteroatoms. The fourth-order valence-corrected chi connectivity index (χ4v) is 2.47. The fourth-order valence-electron chi connectivity index (χ4n) is 2.47. The molecule has 2 rings (SSSR count). The molecule has 2 saturated heterocycles. The number of ether oxygens (including phenoxy) is 1. The van der Waals surface area contributed by atoms with Crippen LogP contribution < -0.4 is 5.32 Å². The lowest BCUT2D eigenvalue weighted by Gasteiger charge is -2.28. The van der Waals surface area contributed by atoms with Crippen molar-refractivity contribution in [2.45, 2.75) is 25.6 Å². The van der Waals surface area contributed by atoms with Gasteiger partial charge in [0.2, 0.25) is 0 Å². The molecule has 2 aliphatic heterocycles. The van der Waals surface area contributed by atoms with Gasteiger partial charge in [0, 0.05) is 26.2 Å². The van der Waals surface area contributed by atoms with Crippen LogP contribution in [0.1, 0.15) is 13.3 Å². The predicted octanol–water partition coefficient (Wildman–Crippen LogP) is 0.273. The number of hydrogen-bond donors (Lipinski definition) is 1. The molecular weight excluding hydrogens is 152 g/mol. The normalized spacial score (nSPS) is 38.5. The van der Waals surface area contributed by atoms with E-state index in [9.17, 15) is 0 Å². The predicted molar refractivity (Wildman–Crippen MR) is 47.9 cm³/mol. The molecule has 0 saturated carbocycles. The molecule has 0 bridgehead atoms. The van der Waals surface area contributed by atoms with E-state index in [1.807, 2.05) is 0 Å².